The number of ether oxygens (including phenoxy) is 3. The Morgan fingerprint density at radius 3 is 2.36 bits per heavy atom. The molecule has 0 aliphatic carbocycles. The largest absolute Gasteiger partial charge is 0.394 e. The van der Waals surface area contributed by atoms with Crippen LogP contribution in [0.5, 0.6) is 0 Å². The fourth-order valence-electron chi connectivity index (χ4n) is 2.36. The topological polar surface area (TPSA) is 109 Å². The normalized spacial score (nSPS) is 33.6. The Morgan fingerprint density at radius 1 is 1.09 bits per heavy atom. The van der Waals surface area contributed by atoms with Gasteiger partial charge in [-0.15, -0.1) is 0 Å². The van der Waals surface area contributed by atoms with E-state index in [2.05, 4.69) is 0 Å². The van der Waals surface area contributed by atoms with Crippen LogP contribution in [-0.4, -0.2) is 71.5 Å². The maximum Gasteiger partial charge on any atom is 0.186 e. The van der Waals surface area contributed by atoms with E-state index in [1.165, 1.54) is 7.11 Å². The summed E-state index contributed by atoms with van der Waals surface area (Å²) in [5, 5.41) is 38.4. The van der Waals surface area contributed by atoms with E-state index in [0.717, 1.165) is 5.56 Å². The number of aliphatic hydroxyl groups is 4. The van der Waals surface area contributed by atoms with E-state index < -0.39 is 37.3 Å². The van der Waals surface area contributed by atoms with Crippen LogP contribution in [0.25, 0.3) is 0 Å². The Morgan fingerprint density at radius 2 is 1.77 bits per heavy atom. The number of hydrogen-bond acceptors (Lipinski definition) is 7. The minimum absolute atomic E-state index is 0.0865. The SMILES string of the molecule is CO[C@H](CO[C@@H]1O[C@H](CO)[C@@H](O)[C@H](O)[C@H]1O)c1ccccc1. The predicted molar refractivity (Wildman–Crippen MR) is 75.9 cm³/mol. The van der Waals surface area contributed by atoms with Gasteiger partial charge >= 0.3 is 0 Å². The Hall–Kier alpha value is -1.06. The van der Waals surface area contributed by atoms with Gasteiger partial charge in [-0.05, 0) is 5.56 Å². The van der Waals surface area contributed by atoms with Gasteiger partial charge in [0.25, 0.3) is 0 Å². The van der Waals surface area contributed by atoms with Crippen molar-refractivity contribution in [3.8, 4) is 0 Å². The van der Waals surface area contributed by atoms with E-state index in [1.807, 2.05) is 30.3 Å². The van der Waals surface area contributed by atoms with E-state index in [9.17, 15) is 15.3 Å². The van der Waals surface area contributed by atoms with Crippen LogP contribution in [0.2, 0.25) is 0 Å². The Kier molecular flexibility index (Phi) is 6.27. The zero-order valence-electron chi connectivity index (χ0n) is 12.3. The molecule has 2 rings (SSSR count). The molecule has 1 aromatic rings. The quantitative estimate of drug-likeness (QED) is 0.544. The molecule has 1 aliphatic heterocycles. The lowest BCUT2D eigenvalue weighted by molar-refractivity contribution is -0.305. The molecule has 7 nitrogen and oxygen atoms in total. The third kappa shape index (κ3) is 3.82. The molecule has 0 unspecified atom stereocenters. The van der Waals surface area contributed by atoms with Gasteiger partial charge in [-0.2, -0.15) is 0 Å². The lowest BCUT2D eigenvalue weighted by Crippen LogP contribution is -2.59. The third-order valence-electron chi connectivity index (χ3n) is 3.72. The van der Waals surface area contributed by atoms with Crippen molar-refractivity contribution in [3.05, 3.63) is 35.9 Å². The van der Waals surface area contributed by atoms with Crippen molar-refractivity contribution >= 4 is 0 Å². The highest BCUT2D eigenvalue weighted by Crippen LogP contribution is 2.24. The summed E-state index contributed by atoms with van der Waals surface area (Å²) in [7, 11) is 1.54. The second-order valence-electron chi connectivity index (χ2n) is 5.17. The molecule has 4 N–H and O–H groups in total. The molecule has 0 bridgehead atoms. The Labute approximate surface area is 128 Å². The van der Waals surface area contributed by atoms with Crippen molar-refractivity contribution in [1.82, 2.24) is 0 Å². The van der Waals surface area contributed by atoms with Gasteiger partial charge in [-0.1, -0.05) is 30.3 Å². The summed E-state index contributed by atoms with van der Waals surface area (Å²) >= 11 is 0. The smallest absolute Gasteiger partial charge is 0.186 e. The minimum atomic E-state index is -1.45. The summed E-state index contributed by atoms with van der Waals surface area (Å²) in [6, 6.07) is 9.38. The molecule has 0 aromatic heterocycles. The van der Waals surface area contributed by atoms with Crippen molar-refractivity contribution in [1.29, 1.82) is 0 Å². The van der Waals surface area contributed by atoms with Crippen molar-refractivity contribution in [2.75, 3.05) is 20.3 Å². The van der Waals surface area contributed by atoms with Crippen LogP contribution in [0.15, 0.2) is 30.3 Å². The molecule has 1 aliphatic rings. The van der Waals surface area contributed by atoms with Crippen LogP contribution < -0.4 is 0 Å². The van der Waals surface area contributed by atoms with Crippen molar-refractivity contribution in [3.63, 3.8) is 0 Å². The first-order valence-corrected chi connectivity index (χ1v) is 7.08. The molecule has 22 heavy (non-hydrogen) atoms. The molecule has 7 heteroatoms. The maximum atomic E-state index is 9.89. The zero-order valence-corrected chi connectivity index (χ0v) is 12.3. The second kappa shape index (κ2) is 7.98. The molecule has 0 amide bonds. The lowest BCUT2D eigenvalue weighted by Gasteiger charge is -2.39. The average Bonchev–Trinajstić information content (AvgIpc) is 2.56. The summed E-state index contributed by atoms with van der Waals surface area (Å²) < 4.78 is 16.1. The summed E-state index contributed by atoms with van der Waals surface area (Å²) in [6.07, 6.45) is -6.77. The second-order valence-corrected chi connectivity index (χ2v) is 5.17. The van der Waals surface area contributed by atoms with Gasteiger partial charge < -0.3 is 34.6 Å². The Balaban J connectivity index is 1.97. The van der Waals surface area contributed by atoms with Crippen molar-refractivity contribution in [2.45, 2.75) is 36.8 Å². The summed E-state index contributed by atoms with van der Waals surface area (Å²) in [4.78, 5) is 0. The van der Waals surface area contributed by atoms with Crippen LogP contribution in [-0.2, 0) is 14.2 Å². The van der Waals surface area contributed by atoms with Crippen LogP contribution in [0.1, 0.15) is 11.7 Å². The van der Waals surface area contributed by atoms with Crippen LogP contribution in [0.3, 0.4) is 0 Å². The number of benzene rings is 1. The van der Waals surface area contributed by atoms with Crippen molar-refractivity contribution in [2.24, 2.45) is 0 Å². The molecule has 1 fully saturated rings. The lowest BCUT2D eigenvalue weighted by atomic mass is 9.99. The minimum Gasteiger partial charge on any atom is -0.394 e. The summed E-state index contributed by atoms with van der Waals surface area (Å²) in [6.45, 7) is -0.402. The molecule has 124 valence electrons. The van der Waals surface area contributed by atoms with Crippen molar-refractivity contribution < 1.29 is 34.6 Å². The molecular weight excluding hydrogens is 292 g/mol. The van der Waals surface area contributed by atoms with Gasteiger partial charge in [0.1, 0.15) is 30.5 Å². The van der Waals surface area contributed by atoms with Gasteiger partial charge in [-0.25, -0.2) is 0 Å². The third-order valence-corrected chi connectivity index (χ3v) is 3.72. The molecule has 0 radical (unpaired) electrons. The first-order valence-electron chi connectivity index (χ1n) is 7.08. The molecule has 1 heterocycles. The van der Waals surface area contributed by atoms with Gasteiger partial charge in [0.2, 0.25) is 0 Å². The molecule has 1 aromatic carbocycles. The number of aliphatic hydroxyl groups excluding tert-OH is 4. The first kappa shape index (κ1) is 17.3. The van der Waals surface area contributed by atoms with Gasteiger partial charge in [0.15, 0.2) is 6.29 Å². The van der Waals surface area contributed by atoms with E-state index in [4.69, 9.17) is 19.3 Å². The monoisotopic (exact) mass is 314 g/mol. The number of methoxy groups -OCH3 is 1. The van der Waals surface area contributed by atoms with Crippen LogP contribution >= 0.6 is 0 Å². The van der Waals surface area contributed by atoms with E-state index in [-0.39, 0.29) is 12.7 Å². The first-order chi connectivity index (χ1) is 10.6. The maximum absolute atomic E-state index is 9.89. The number of hydrogen-bond donors (Lipinski definition) is 4. The predicted octanol–water partition coefficient (Wildman–Crippen LogP) is -0.809. The molecule has 0 saturated carbocycles. The Bertz CT molecular complexity index is 439. The van der Waals surface area contributed by atoms with Gasteiger partial charge in [0.05, 0.1) is 13.2 Å². The zero-order chi connectivity index (χ0) is 16.1. The highest BCUT2D eigenvalue weighted by molar-refractivity contribution is 5.17. The summed E-state index contributed by atoms with van der Waals surface area (Å²) in [5.74, 6) is 0. The highest BCUT2D eigenvalue weighted by atomic mass is 16.7. The average molecular weight is 314 g/mol. The number of rotatable bonds is 6. The summed E-state index contributed by atoms with van der Waals surface area (Å²) in [5.41, 5.74) is 0.898. The van der Waals surface area contributed by atoms with Gasteiger partial charge in [0, 0.05) is 7.11 Å². The molecule has 0 spiro atoms. The van der Waals surface area contributed by atoms with Crippen LogP contribution in [0, 0.1) is 0 Å². The molecular formula is C15H22O7. The van der Waals surface area contributed by atoms with E-state index >= 15 is 0 Å². The molecule has 1 saturated heterocycles. The standard InChI is InChI=1S/C15H22O7/c1-20-11(9-5-3-2-4-6-9)8-21-15-14(19)13(18)12(17)10(7-16)22-15/h2-6,10-19H,7-8H2,1H3/t10-,11-,12-,13+,14-,15-/m1/s1. The van der Waals surface area contributed by atoms with E-state index in [1.54, 1.807) is 0 Å². The fraction of sp³-hybridized carbons (Fsp3) is 0.600. The molecule has 6 atom stereocenters. The van der Waals surface area contributed by atoms with Crippen LogP contribution in [0.4, 0.5) is 0 Å². The van der Waals surface area contributed by atoms with Gasteiger partial charge in [-0.3, -0.25) is 0 Å². The highest BCUT2D eigenvalue weighted by Gasteiger charge is 2.44. The fourth-order valence-corrected chi connectivity index (χ4v) is 2.36. The van der Waals surface area contributed by atoms with E-state index in [0.29, 0.717) is 0 Å².